The van der Waals surface area contributed by atoms with E-state index in [1.54, 1.807) is 24.3 Å². The number of nitrogens with one attached hydrogen (secondary N) is 1. The fraction of sp³-hybridized carbons (Fsp3) is 0.250. The Kier molecular flexibility index (Phi) is 5.39. The Labute approximate surface area is 131 Å². The molecule has 0 saturated carbocycles. The van der Waals surface area contributed by atoms with Crippen molar-refractivity contribution in [3.8, 4) is 0 Å². The van der Waals surface area contributed by atoms with Crippen LogP contribution < -0.4 is 4.72 Å². The minimum Gasteiger partial charge on any atom is -0.207 e. The maximum absolute atomic E-state index is 12.2. The van der Waals surface area contributed by atoms with E-state index in [0.29, 0.717) is 6.42 Å². The first-order chi connectivity index (χ1) is 9.97. The van der Waals surface area contributed by atoms with Gasteiger partial charge in [-0.15, -0.1) is 11.6 Å². The van der Waals surface area contributed by atoms with Crippen LogP contribution in [0.3, 0.4) is 0 Å². The molecule has 2 aromatic rings. The third-order valence-corrected chi connectivity index (χ3v) is 5.09. The van der Waals surface area contributed by atoms with Crippen molar-refractivity contribution in [3.05, 3.63) is 65.7 Å². The van der Waals surface area contributed by atoms with E-state index in [1.165, 1.54) is 0 Å². The van der Waals surface area contributed by atoms with Crippen LogP contribution in [0, 0.1) is 6.92 Å². The van der Waals surface area contributed by atoms with Gasteiger partial charge in [0, 0.05) is 0 Å². The van der Waals surface area contributed by atoms with Crippen molar-refractivity contribution in [1.82, 2.24) is 4.72 Å². The Hall–Kier alpha value is -1.36. The van der Waals surface area contributed by atoms with Gasteiger partial charge in [-0.05, 0) is 37.5 Å². The number of benzene rings is 2. The highest BCUT2D eigenvalue weighted by molar-refractivity contribution is 7.89. The molecule has 0 bridgehead atoms. The summed E-state index contributed by atoms with van der Waals surface area (Å²) in [5.74, 6) is 0. The van der Waals surface area contributed by atoms with E-state index in [2.05, 4.69) is 4.72 Å². The van der Waals surface area contributed by atoms with E-state index in [1.807, 2.05) is 37.3 Å². The predicted octanol–water partition coefficient (Wildman–Crippen LogP) is 3.47. The Morgan fingerprint density at radius 2 is 1.67 bits per heavy atom. The standard InChI is InChI=1S/C16H18ClNO2S/c1-13-7-10-15(11-8-13)21(19,20)18-16(17)12-9-14-5-3-2-4-6-14/h2-8,10-11,16,18H,9,12H2,1H3. The second-order valence-electron chi connectivity index (χ2n) is 4.93. The van der Waals surface area contributed by atoms with Gasteiger partial charge in [-0.3, -0.25) is 0 Å². The predicted molar refractivity (Wildman–Crippen MR) is 85.9 cm³/mol. The smallest absolute Gasteiger partial charge is 0.207 e. The number of alkyl halides is 1. The zero-order valence-electron chi connectivity index (χ0n) is 11.8. The molecule has 0 saturated heterocycles. The van der Waals surface area contributed by atoms with Crippen LogP contribution in [0.5, 0.6) is 0 Å². The van der Waals surface area contributed by atoms with E-state index in [4.69, 9.17) is 11.6 Å². The molecule has 1 atom stereocenters. The normalized spacial score (nSPS) is 13.0. The highest BCUT2D eigenvalue weighted by atomic mass is 35.5. The first-order valence-electron chi connectivity index (χ1n) is 6.74. The SMILES string of the molecule is Cc1ccc(S(=O)(=O)NC(Cl)CCc2ccccc2)cc1. The van der Waals surface area contributed by atoms with Crippen LogP contribution in [-0.2, 0) is 16.4 Å². The van der Waals surface area contributed by atoms with Crippen molar-refractivity contribution in [2.45, 2.75) is 30.2 Å². The van der Waals surface area contributed by atoms with Gasteiger partial charge >= 0.3 is 0 Å². The highest BCUT2D eigenvalue weighted by Crippen LogP contribution is 2.14. The molecule has 5 heteroatoms. The van der Waals surface area contributed by atoms with E-state index in [0.717, 1.165) is 17.5 Å². The van der Waals surface area contributed by atoms with Crippen molar-refractivity contribution in [1.29, 1.82) is 0 Å². The van der Waals surface area contributed by atoms with E-state index >= 15 is 0 Å². The molecule has 0 heterocycles. The molecule has 112 valence electrons. The monoisotopic (exact) mass is 323 g/mol. The zero-order chi connectivity index (χ0) is 15.3. The largest absolute Gasteiger partial charge is 0.241 e. The highest BCUT2D eigenvalue weighted by Gasteiger charge is 2.18. The van der Waals surface area contributed by atoms with Crippen molar-refractivity contribution in [2.24, 2.45) is 0 Å². The number of halogens is 1. The summed E-state index contributed by atoms with van der Waals surface area (Å²) >= 11 is 6.11. The average Bonchev–Trinajstić information content (AvgIpc) is 2.46. The minimum atomic E-state index is -3.56. The molecule has 21 heavy (non-hydrogen) atoms. The maximum Gasteiger partial charge on any atom is 0.241 e. The van der Waals surface area contributed by atoms with Gasteiger partial charge in [-0.1, -0.05) is 48.0 Å². The van der Waals surface area contributed by atoms with Crippen LogP contribution in [-0.4, -0.2) is 13.9 Å². The molecule has 1 unspecified atom stereocenters. The van der Waals surface area contributed by atoms with Gasteiger partial charge in [0.1, 0.15) is 0 Å². The van der Waals surface area contributed by atoms with Crippen LogP contribution in [0.25, 0.3) is 0 Å². The van der Waals surface area contributed by atoms with Gasteiger partial charge in [0.25, 0.3) is 0 Å². The number of hydrogen-bond acceptors (Lipinski definition) is 2. The molecule has 0 fully saturated rings. The summed E-state index contributed by atoms with van der Waals surface area (Å²) in [6.07, 6.45) is 1.27. The number of rotatable bonds is 6. The molecule has 0 radical (unpaired) electrons. The molecule has 0 spiro atoms. The Morgan fingerprint density at radius 3 is 2.29 bits per heavy atom. The lowest BCUT2D eigenvalue weighted by Gasteiger charge is -2.12. The molecule has 1 N–H and O–H groups in total. The number of aryl methyl sites for hydroxylation is 2. The summed E-state index contributed by atoms with van der Waals surface area (Å²) in [6.45, 7) is 1.91. The van der Waals surface area contributed by atoms with Crippen LogP contribution in [0.4, 0.5) is 0 Å². The molecule has 0 aliphatic heterocycles. The second kappa shape index (κ2) is 7.07. The van der Waals surface area contributed by atoms with Crippen LogP contribution in [0.15, 0.2) is 59.5 Å². The lowest BCUT2D eigenvalue weighted by molar-refractivity contribution is 0.572. The first kappa shape index (κ1) is 16.0. The molecule has 2 aromatic carbocycles. The number of sulfonamides is 1. The summed E-state index contributed by atoms with van der Waals surface area (Å²) in [7, 11) is -3.56. The maximum atomic E-state index is 12.2. The quantitative estimate of drug-likeness (QED) is 0.653. The molecule has 3 nitrogen and oxygen atoms in total. The molecule has 0 aromatic heterocycles. The van der Waals surface area contributed by atoms with Crippen molar-refractivity contribution in [2.75, 3.05) is 0 Å². The first-order valence-corrected chi connectivity index (χ1v) is 8.66. The third-order valence-electron chi connectivity index (χ3n) is 3.14. The van der Waals surface area contributed by atoms with Crippen molar-refractivity contribution >= 4 is 21.6 Å². The van der Waals surface area contributed by atoms with E-state index in [9.17, 15) is 8.42 Å². The molecule has 0 amide bonds. The summed E-state index contributed by atoms with van der Waals surface area (Å²) in [5.41, 5.74) is 1.52. The minimum absolute atomic E-state index is 0.235. The van der Waals surface area contributed by atoms with Gasteiger partial charge in [0.15, 0.2) is 0 Å². The molecular weight excluding hydrogens is 306 g/mol. The Bertz CT molecular complexity index is 669. The van der Waals surface area contributed by atoms with Crippen LogP contribution >= 0.6 is 11.6 Å². The molecule has 0 aliphatic rings. The second-order valence-corrected chi connectivity index (χ2v) is 7.17. The number of hydrogen-bond donors (Lipinski definition) is 1. The summed E-state index contributed by atoms with van der Waals surface area (Å²) < 4.78 is 26.8. The van der Waals surface area contributed by atoms with Gasteiger partial charge in [0.05, 0.1) is 10.4 Å². The van der Waals surface area contributed by atoms with Gasteiger partial charge in [0.2, 0.25) is 10.0 Å². The van der Waals surface area contributed by atoms with Crippen LogP contribution in [0.1, 0.15) is 17.5 Å². The molecule has 2 rings (SSSR count). The Morgan fingerprint density at radius 1 is 1.05 bits per heavy atom. The van der Waals surface area contributed by atoms with Gasteiger partial charge in [-0.2, -0.15) is 4.72 Å². The summed E-state index contributed by atoms with van der Waals surface area (Å²) in [5, 5.41) is 0. The zero-order valence-corrected chi connectivity index (χ0v) is 13.4. The van der Waals surface area contributed by atoms with E-state index in [-0.39, 0.29) is 4.90 Å². The lowest BCUT2D eigenvalue weighted by Crippen LogP contribution is -2.31. The van der Waals surface area contributed by atoms with Crippen molar-refractivity contribution < 1.29 is 8.42 Å². The lowest BCUT2D eigenvalue weighted by atomic mass is 10.1. The van der Waals surface area contributed by atoms with E-state index < -0.39 is 15.5 Å². The van der Waals surface area contributed by atoms with Crippen LogP contribution in [0.2, 0.25) is 0 Å². The molecule has 0 aliphatic carbocycles. The van der Waals surface area contributed by atoms with Gasteiger partial charge in [-0.25, -0.2) is 8.42 Å². The summed E-state index contributed by atoms with van der Waals surface area (Å²) in [6, 6.07) is 16.5. The fourth-order valence-electron chi connectivity index (χ4n) is 1.95. The summed E-state index contributed by atoms with van der Waals surface area (Å²) in [4.78, 5) is 0.235. The topological polar surface area (TPSA) is 46.2 Å². The third kappa shape index (κ3) is 4.84. The Balaban J connectivity index is 1.95. The average molecular weight is 324 g/mol. The molecular formula is C16H18ClNO2S. The van der Waals surface area contributed by atoms with Gasteiger partial charge < -0.3 is 0 Å². The fourth-order valence-corrected chi connectivity index (χ4v) is 3.50. The van der Waals surface area contributed by atoms with Crippen molar-refractivity contribution in [3.63, 3.8) is 0 Å².